The van der Waals surface area contributed by atoms with Crippen LogP contribution < -0.4 is 10.6 Å². The van der Waals surface area contributed by atoms with E-state index in [1.807, 2.05) is 37.0 Å². The van der Waals surface area contributed by atoms with E-state index in [1.54, 1.807) is 12.2 Å². The fraction of sp³-hybridized carbons (Fsp3) is 0.517. The minimum atomic E-state index is -1.82. The van der Waals surface area contributed by atoms with Crippen molar-refractivity contribution in [2.75, 3.05) is 23.4 Å². The van der Waals surface area contributed by atoms with Crippen molar-refractivity contribution in [3.8, 4) is 0 Å². The molecule has 2 N–H and O–H groups in total. The number of amides is 1. The third kappa shape index (κ3) is 6.12. The molecule has 2 aliphatic carbocycles. The van der Waals surface area contributed by atoms with E-state index in [-0.39, 0.29) is 5.91 Å². The number of alkyl halides is 1. The van der Waals surface area contributed by atoms with Gasteiger partial charge in [0.05, 0.1) is 18.0 Å². The highest BCUT2D eigenvalue weighted by Crippen LogP contribution is 2.35. The molecule has 1 aliphatic heterocycles. The molecule has 192 valence electrons. The van der Waals surface area contributed by atoms with Crippen LogP contribution in [0.3, 0.4) is 0 Å². The molecular weight excluding hydrogens is 473 g/mol. The molecule has 2 aromatic rings. The van der Waals surface area contributed by atoms with Crippen LogP contribution in [0.5, 0.6) is 0 Å². The Morgan fingerprint density at radius 3 is 2.81 bits per heavy atom. The maximum Gasteiger partial charge on any atom is 0.234 e. The van der Waals surface area contributed by atoms with Crippen LogP contribution in [-0.2, 0) is 16.1 Å². The third-order valence-electron chi connectivity index (χ3n) is 7.50. The third-order valence-corrected chi connectivity index (χ3v) is 8.55. The van der Waals surface area contributed by atoms with Crippen LogP contribution in [0.15, 0.2) is 48.4 Å². The van der Waals surface area contributed by atoms with Gasteiger partial charge in [0.15, 0.2) is 0 Å². The van der Waals surface area contributed by atoms with E-state index in [1.165, 1.54) is 50.2 Å². The molecule has 1 saturated heterocycles. The van der Waals surface area contributed by atoms with E-state index in [9.17, 15) is 4.79 Å². The number of fused-ring (bicyclic) bond motifs is 1. The van der Waals surface area contributed by atoms with Crippen molar-refractivity contribution in [1.29, 1.82) is 0 Å². The second kappa shape index (κ2) is 10.9. The van der Waals surface area contributed by atoms with Gasteiger partial charge in [-0.15, -0.1) is 0 Å². The Balaban J connectivity index is 1.22. The average molecular weight is 510 g/mol. The van der Waals surface area contributed by atoms with Crippen molar-refractivity contribution < 1.29 is 13.9 Å². The van der Waals surface area contributed by atoms with Crippen LogP contribution in [0, 0.1) is 18.8 Å². The number of rotatable bonds is 9. The number of aryl methyl sites for hydroxylation is 1. The number of nitrogens with zero attached hydrogens (tertiary/aromatic N) is 1. The molecule has 36 heavy (non-hydrogen) atoms. The summed E-state index contributed by atoms with van der Waals surface area (Å²) >= 11 is 2.03. The molecule has 1 saturated carbocycles. The number of hydrogen-bond acceptors (Lipinski definition) is 5. The number of benzene rings is 1. The number of ether oxygens (including phenoxy) is 1. The highest BCUT2D eigenvalue weighted by Gasteiger charge is 2.39. The maximum absolute atomic E-state index is 15.5. The van der Waals surface area contributed by atoms with Crippen molar-refractivity contribution in [1.82, 2.24) is 10.3 Å². The van der Waals surface area contributed by atoms with Crippen LogP contribution in [0.1, 0.15) is 50.2 Å². The second-order valence-electron chi connectivity index (χ2n) is 10.5. The van der Waals surface area contributed by atoms with Gasteiger partial charge in [0.1, 0.15) is 11.4 Å². The van der Waals surface area contributed by atoms with E-state index < -0.39 is 11.6 Å². The first-order valence-electron chi connectivity index (χ1n) is 13.1. The minimum absolute atomic E-state index is 0.376. The number of aromatic nitrogens is 1. The summed E-state index contributed by atoms with van der Waals surface area (Å²) in [4.78, 5) is 17.8. The number of pyridine rings is 1. The SMILES string of the molecule is Cc1c(NC(=O)C2C=CC(OCCC3CC3)=CC2(C)F)ccc2cc(CNC3CCSCC3)cnc12. The highest BCUT2D eigenvalue weighted by atomic mass is 32.2. The predicted octanol–water partition coefficient (Wildman–Crippen LogP) is 6.08. The largest absolute Gasteiger partial charge is 0.494 e. The number of thioether (sulfide) groups is 1. The summed E-state index contributed by atoms with van der Waals surface area (Å²) in [5.74, 6) is 2.41. The van der Waals surface area contributed by atoms with Gasteiger partial charge in [0.2, 0.25) is 5.91 Å². The molecule has 1 aromatic carbocycles. The zero-order valence-electron chi connectivity index (χ0n) is 21.2. The Hall–Kier alpha value is -2.38. The Morgan fingerprint density at radius 2 is 2.06 bits per heavy atom. The van der Waals surface area contributed by atoms with Gasteiger partial charge in [0.25, 0.3) is 0 Å². The summed E-state index contributed by atoms with van der Waals surface area (Å²) in [5, 5.41) is 7.63. The van der Waals surface area contributed by atoms with Gasteiger partial charge in [0, 0.05) is 29.9 Å². The van der Waals surface area contributed by atoms with E-state index >= 15 is 4.39 Å². The van der Waals surface area contributed by atoms with Gasteiger partial charge in [-0.05, 0) is 85.9 Å². The summed E-state index contributed by atoms with van der Waals surface area (Å²) < 4.78 is 21.2. The molecule has 0 spiro atoms. The Bertz CT molecular complexity index is 1170. The van der Waals surface area contributed by atoms with Crippen molar-refractivity contribution >= 4 is 34.3 Å². The quantitative estimate of drug-likeness (QED) is 0.429. The molecular formula is C29H36FN3O2S. The molecule has 2 heterocycles. The molecule has 2 unspecified atom stereocenters. The lowest BCUT2D eigenvalue weighted by atomic mass is 9.85. The van der Waals surface area contributed by atoms with Crippen LogP contribution in [0.25, 0.3) is 10.9 Å². The fourth-order valence-electron chi connectivity index (χ4n) is 4.98. The van der Waals surface area contributed by atoms with Gasteiger partial charge in [-0.1, -0.05) is 25.0 Å². The maximum atomic E-state index is 15.5. The number of allylic oxidation sites excluding steroid dienone is 2. The number of carbonyl (C=O) groups excluding carboxylic acids is 1. The first kappa shape index (κ1) is 25.3. The number of carbonyl (C=O) groups is 1. The lowest BCUT2D eigenvalue weighted by molar-refractivity contribution is -0.121. The molecule has 5 rings (SSSR count). The van der Waals surface area contributed by atoms with Gasteiger partial charge in [-0.2, -0.15) is 11.8 Å². The van der Waals surface area contributed by atoms with Crippen molar-refractivity contribution in [2.24, 2.45) is 11.8 Å². The number of anilines is 1. The van der Waals surface area contributed by atoms with Crippen molar-refractivity contribution in [3.05, 3.63) is 59.5 Å². The van der Waals surface area contributed by atoms with Gasteiger partial charge >= 0.3 is 0 Å². The average Bonchev–Trinajstić information content (AvgIpc) is 3.69. The van der Waals surface area contributed by atoms with Crippen molar-refractivity contribution in [2.45, 2.75) is 64.2 Å². The summed E-state index contributed by atoms with van der Waals surface area (Å²) in [6.07, 6.45) is 12.6. The topological polar surface area (TPSA) is 63.2 Å². The van der Waals surface area contributed by atoms with Gasteiger partial charge < -0.3 is 15.4 Å². The first-order valence-corrected chi connectivity index (χ1v) is 14.3. The molecule has 0 bridgehead atoms. The zero-order chi connectivity index (χ0) is 25.1. The molecule has 2 atom stereocenters. The zero-order valence-corrected chi connectivity index (χ0v) is 22.0. The Morgan fingerprint density at radius 1 is 1.25 bits per heavy atom. The van der Waals surface area contributed by atoms with Gasteiger partial charge in [-0.25, -0.2) is 4.39 Å². The smallest absolute Gasteiger partial charge is 0.234 e. The number of hydrogen-bond donors (Lipinski definition) is 2. The summed E-state index contributed by atoms with van der Waals surface area (Å²) in [7, 11) is 0. The monoisotopic (exact) mass is 509 g/mol. The fourth-order valence-corrected chi connectivity index (χ4v) is 6.09. The van der Waals surface area contributed by atoms with E-state index in [0.29, 0.717) is 24.1 Å². The lowest BCUT2D eigenvalue weighted by Crippen LogP contribution is -2.38. The lowest BCUT2D eigenvalue weighted by Gasteiger charge is -2.28. The predicted molar refractivity (Wildman–Crippen MR) is 146 cm³/mol. The standard InChI is InChI=1S/C29H36FN3O2S/c1-19-26(8-5-22-15-21(18-32-27(19)22)17-31-23-10-13-36-14-11-23)33-28(34)25-7-6-24(16-29(25,2)30)35-12-9-20-3-4-20/h5-8,15-16,18,20,23,25,31H,3-4,9-14,17H2,1-2H3,(H,33,34). The normalized spacial score (nSPS) is 24.5. The summed E-state index contributed by atoms with van der Waals surface area (Å²) in [6, 6.07) is 6.60. The van der Waals surface area contributed by atoms with Crippen LogP contribution in [0.4, 0.5) is 10.1 Å². The van der Waals surface area contributed by atoms with Crippen LogP contribution >= 0.6 is 11.8 Å². The van der Waals surface area contributed by atoms with Gasteiger partial charge in [-0.3, -0.25) is 9.78 Å². The molecule has 7 heteroatoms. The second-order valence-corrected chi connectivity index (χ2v) is 11.8. The molecule has 2 fully saturated rings. The summed E-state index contributed by atoms with van der Waals surface area (Å²) in [5.41, 5.74) is 1.71. The molecule has 1 aromatic heterocycles. The molecule has 0 radical (unpaired) electrons. The molecule has 3 aliphatic rings. The molecule has 1 amide bonds. The minimum Gasteiger partial charge on any atom is -0.494 e. The number of halogens is 1. The Kier molecular flexibility index (Phi) is 7.68. The number of nitrogens with one attached hydrogen (secondary N) is 2. The van der Waals surface area contributed by atoms with E-state index in [2.05, 4.69) is 16.7 Å². The van der Waals surface area contributed by atoms with Crippen LogP contribution in [-0.4, -0.2) is 40.7 Å². The molecule has 5 nitrogen and oxygen atoms in total. The van der Waals surface area contributed by atoms with E-state index in [4.69, 9.17) is 9.72 Å². The van der Waals surface area contributed by atoms with E-state index in [0.717, 1.165) is 40.9 Å². The summed E-state index contributed by atoms with van der Waals surface area (Å²) in [6.45, 7) is 4.77. The Labute approximate surface area is 217 Å². The highest BCUT2D eigenvalue weighted by molar-refractivity contribution is 7.99. The van der Waals surface area contributed by atoms with Crippen molar-refractivity contribution in [3.63, 3.8) is 0 Å². The first-order chi connectivity index (χ1) is 17.4. The van der Waals surface area contributed by atoms with Crippen LogP contribution in [0.2, 0.25) is 0 Å².